The molecule has 2 N–H and O–H groups in total. The van der Waals surface area contributed by atoms with Crippen LogP contribution in [0, 0.1) is 0 Å². The van der Waals surface area contributed by atoms with Crippen molar-refractivity contribution < 1.29 is 19.1 Å². The number of amidine groups is 2. The minimum atomic E-state index is -0.622. The van der Waals surface area contributed by atoms with Gasteiger partial charge in [0.05, 0.1) is 13.1 Å². The first kappa shape index (κ1) is 24.0. The topological polar surface area (TPSA) is 108 Å². The van der Waals surface area contributed by atoms with Crippen LogP contribution in [0.4, 0.5) is 11.4 Å². The molecule has 0 fully saturated rings. The number of nitrogens with zero attached hydrogens (tertiary/aromatic N) is 4. The molecule has 10 heteroatoms. The third-order valence-corrected chi connectivity index (χ3v) is 7.46. The van der Waals surface area contributed by atoms with Crippen LogP contribution >= 0.6 is 0 Å². The smallest absolute Gasteiger partial charge is 0.331 e. The van der Waals surface area contributed by atoms with E-state index in [2.05, 4.69) is 30.4 Å². The predicted octanol–water partition coefficient (Wildman–Crippen LogP) is 1.75. The van der Waals surface area contributed by atoms with Crippen molar-refractivity contribution in [2.75, 3.05) is 50.1 Å². The molecule has 6 rings (SSSR count). The normalized spacial score (nSPS) is 25.4. The molecule has 0 saturated heterocycles. The zero-order valence-electron chi connectivity index (χ0n) is 21.3. The standard InChI is InChI=1S/C28H30N6O4/c1-33-19-9-5-3-7-17(19)25(23(33)27-29-13-14-30-27)37-21(35)11-12-22(36)38-26-18-8-4-6-10-20(18)34(2)24(26)28-31-15-16-32-28/h3-12,23-26H,13-16H2,1-2H3,(H,29,30)(H,31,32)/b12-11+. The number of hydrogen-bond acceptors (Lipinski definition) is 10. The fourth-order valence-electron chi connectivity index (χ4n) is 5.75. The van der Waals surface area contributed by atoms with E-state index >= 15 is 0 Å². The van der Waals surface area contributed by atoms with Gasteiger partial charge in [-0.3, -0.25) is 9.98 Å². The van der Waals surface area contributed by atoms with Crippen molar-refractivity contribution in [2.24, 2.45) is 9.98 Å². The Morgan fingerprint density at radius 1 is 0.763 bits per heavy atom. The van der Waals surface area contributed by atoms with Gasteiger partial charge in [-0.2, -0.15) is 0 Å². The predicted molar refractivity (Wildman–Crippen MR) is 145 cm³/mol. The lowest BCUT2D eigenvalue weighted by Crippen LogP contribution is -2.44. The molecule has 0 aromatic heterocycles. The van der Waals surface area contributed by atoms with Crippen molar-refractivity contribution in [1.29, 1.82) is 0 Å². The van der Waals surface area contributed by atoms with Gasteiger partial charge in [-0.15, -0.1) is 0 Å². The minimum Gasteiger partial charge on any atom is -0.452 e. The summed E-state index contributed by atoms with van der Waals surface area (Å²) in [7, 11) is 3.92. The molecule has 4 aliphatic heterocycles. The maximum Gasteiger partial charge on any atom is 0.331 e. The first-order valence-corrected chi connectivity index (χ1v) is 12.8. The molecule has 4 atom stereocenters. The van der Waals surface area contributed by atoms with Crippen LogP contribution in [-0.4, -0.2) is 76.0 Å². The van der Waals surface area contributed by atoms with Gasteiger partial charge < -0.3 is 29.9 Å². The number of hydrogen-bond donors (Lipinski definition) is 2. The van der Waals surface area contributed by atoms with Crippen LogP contribution in [0.5, 0.6) is 0 Å². The Labute approximate surface area is 221 Å². The number of ether oxygens (including phenoxy) is 2. The van der Waals surface area contributed by atoms with E-state index in [0.717, 1.165) is 59.4 Å². The molecule has 4 unspecified atom stereocenters. The van der Waals surface area contributed by atoms with Crippen LogP contribution < -0.4 is 20.4 Å². The lowest BCUT2D eigenvalue weighted by molar-refractivity contribution is -0.146. The van der Waals surface area contributed by atoms with Crippen molar-refractivity contribution in [3.63, 3.8) is 0 Å². The Kier molecular flexibility index (Phi) is 6.22. The molecule has 0 amide bonds. The number of likely N-dealkylation sites (N-methyl/N-ethyl adjacent to an activating group) is 2. The monoisotopic (exact) mass is 514 g/mol. The van der Waals surface area contributed by atoms with E-state index in [-0.39, 0.29) is 12.1 Å². The number of esters is 2. The first-order chi connectivity index (χ1) is 18.5. The van der Waals surface area contributed by atoms with E-state index in [1.165, 1.54) is 0 Å². The van der Waals surface area contributed by atoms with Gasteiger partial charge in [0, 0.05) is 61.8 Å². The number of para-hydroxylation sites is 2. The molecule has 0 radical (unpaired) electrons. The van der Waals surface area contributed by atoms with Gasteiger partial charge in [-0.25, -0.2) is 9.59 Å². The van der Waals surface area contributed by atoms with E-state index in [1.54, 1.807) is 0 Å². The molecule has 0 saturated carbocycles. The Bertz CT molecular complexity index is 1250. The summed E-state index contributed by atoms with van der Waals surface area (Å²) < 4.78 is 11.8. The van der Waals surface area contributed by atoms with E-state index in [4.69, 9.17) is 9.47 Å². The van der Waals surface area contributed by atoms with Crippen molar-refractivity contribution in [2.45, 2.75) is 24.3 Å². The van der Waals surface area contributed by atoms with E-state index in [0.29, 0.717) is 13.1 Å². The Morgan fingerprint density at radius 2 is 1.18 bits per heavy atom. The van der Waals surface area contributed by atoms with Gasteiger partial charge in [0.2, 0.25) is 0 Å². The second-order valence-electron chi connectivity index (χ2n) is 9.66. The van der Waals surface area contributed by atoms with Crippen LogP contribution in [0.15, 0.2) is 70.7 Å². The summed E-state index contributed by atoms with van der Waals surface area (Å²) in [5.41, 5.74) is 3.76. The number of anilines is 2. The Balaban J connectivity index is 1.17. The SMILES string of the molecule is CN1c2ccccc2C(OC(=O)/C=C/C(=O)OC2c3ccccc3N(C)C2C2=NCCN2)C1C1=NCCN1. The van der Waals surface area contributed by atoms with Crippen LogP contribution in [-0.2, 0) is 19.1 Å². The second kappa shape index (κ2) is 9.85. The van der Waals surface area contributed by atoms with E-state index < -0.39 is 24.1 Å². The minimum absolute atomic E-state index is 0.259. The molecular formula is C28H30N6O4. The van der Waals surface area contributed by atoms with Gasteiger partial charge in [-0.1, -0.05) is 36.4 Å². The number of benzene rings is 2. The van der Waals surface area contributed by atoms with E-state index in [1.807, 2.05) is 62.6 Å². The third-order valence-electron chi connectivity index (χ3n) is 7.46. The zero-order chi connectivity index (χ0) is 26.2. The highest BCUT2D eigenvalue weighted by molar-refractivity contribution is 5.97. The maximum atomic E-state index is 12.9. The average Bonchev–Trinajstić information content (AvgIpc) is 3.73. The van der Waals surface area contributed by atoms with Crippen molar-refractivity contribution in [3.05, 3.63) is 71.8 Å². The second-order valence-corrected chi connectivity index (χ2v) is 9.66. The summed E-state index contributed by atoms with van der Waals surface area (Å²) in [5.74, 6) is 0.345. The maximum absolute atomic E-state index is 12.9. The molecule has 2 aromatic carbocycles. The highest BCUT2D eigenvalue weighted by Crippen LogP contribution is 2.42. The lowest BCUT2D eigenvalue weighted by atomic mass is 10.1. The Hall–Kier alpha value is -4.34. The van der Waals surface area contributed by atoms with Crippen LogP contribution in [0.2, 0.25) is 0 Å². The number of fused-ring (bicyclic) bond motifs is 2. The molecular weight excluding hydrogens is 484 g/mol. The Morgan fingerprint density at radius 3 is 1.58 bits per heavy atom. The summed E-state index contributed by atoms with van der Waals surface area (Å²) in [6.07, 6.45) is 1.16. The molecule has 10 nitrogen and oxygen atoms in total. The molecule has 38 heavy (non-hydrogen) atoms. The third kappa shape index (κ3) is 4.15. The first-order valence-electron chi connectivity index (χ1n) is 12.8. The van der Waals surface area contributed by atoms with Crippen LogP contribution in [0.3, 0.4) is 0 Å². The zero-order valence-corrected chi connectivity index (χ0v) is 21.3. The lowest BCUT2D eigenvalue weighted by Gasteiger charge is -2.27. The molecule has 0 bridgehead atoms. The van der Waals surface area contributed by atoms with Crippen molar-refractivity contribution >= 4 is 35.0 Å². The van der Waals surface area contributed by atoms with Crippen LogP contribution in [0.25, 0.3) is 0 Å². The van der Waals surface area contributed by atoms with E-state index in [9.17, 15) is 9.59 Å². The van der Waals surface area contributed by atoms with Gasteiger partial charge in [0.25, 0.3) is 0 Å². The molecule has 0 aliphatic carbocycles. The summed E-state index contributed by atoms with van der Waals surface area (Å²) in [5, 5.41) is 6.61. The molecule has 4 aliphatic rings. The molecule has 2 aromatic rings. The van der Waals surface area contributed by atoms with Crippen LogP contribution in [0.1, 0.15) is 23.3 Å². The highest BCUT2D eigenvalue weighted by atomic mass is 16.6. The molecule has 0 spiro atoms. The molecule has 196 valence electrons. The number of carbonyl (C=O) groups is 2. The van der Waals surface area contributed by atoms with Gasteiger partial charge in [0.15, 0.2) is 12.2 Å². The fraction of sp³-hybridized carbons (Fsp3) is 0.357. The summed E-state index contributed by atoms with van der Waals surface area (Å²) >= 11 is 0. The summed E-state index contributed by atoms with van der Waals surface area (Å²) in [4.78, 5) is 39.1. The number of aliphatic imine (C=N–C) groups is 2. The summed E-state index contributed by atoms with van der Waals surface area (Å²) in [6.45, 7) is 2.88. The number of rotatable bonds is 6. The van der Waals surface area contributed by atoms with Crippen molar-refractivity contribution in [1.82, 2.24) is 10.6 Å². The summed E-state index contributed by atoms with van der Waals surface area (Å²) in [6, 6.07) is 15.1. The van der Waals surface area contributed by atoms with Gasteiger partial charge in [0.1, 0.15) is 23.8 Å². The number of carbonyl (C=O) groups excluding carboxylic acids is 2. The number of nitrogens with one attached hydrogen (secondary N) is 2. The van der Waals surface area contributed by atoms with Gasteiger partial charge >= 0.3 is 11.9 Å². The average molecular weight is 515 g/mol. The van der Waals surface area contributed by atoms with Gasteiger partial charge in [-0.05, 0) is 12.1 Å². The largest absolute Gasteiger partial charge is 0.452 e. The van der Waals surface area contributed by atoms with Crippen molar-refractivity contribution in [3.8, 4) is 0 Å². The molecule has 4 heterocycles. The quantitative estimate of drug-likeness (QED) is 0.444. The fourth-order valence-corrected chi connectivity index (χ4v) is 5.75. The highest BCUT2D eigenvalue weighted by Gasteiger charge is 2.44.